The van der Waals surface area contributed by atoms with Crippen LogP contribution in [0.15, 0.2) is 18.2 Å². The molecule has 0 aliphatic carbocycles. The zero-order chi connectivity index (χ0) is 8.27. The van der Waals surface area contributed by atoms with Crippen LogP contribution in [0.5, 0.6) is 5.75 Å². The molecule has 0 spiro atoms. The first-order valence-corrected chi connectivity index (χ1v) is 3.37. The van der Waals surface area contributed by atoms with Gasteiger partial charge in [0.15, 0.2) is 0 Å². The molecule has 1 aromatic rings. The topological polar surface area (TPSA) is 29.5 Å². The van der Waals surface area contributed by atoms with Crippen LogP contribution in [0.2, 0.25) is 0 Å². The van der Waals surface area contributed by atoms with E-state index in [2.05, 4.69) is 6.92 Å². The predicted octanol–water partition coefficient (Wildman–Crippen LogP) is 1.37. The van der Waals surface area contributed by atoms with Crippen LogP contribution in [0.3, 0.4) is 0 Å². The molecule has 11 heavy (non-hydrogen) atoms. The molecule has 1 rings (SSSR count). The van der Waals surface area contributed by atoms with Gasteiger partial charge >= 0.3 is 0 Å². The van der Waals surface area contributed by atoms with Crippen LogP contribution in [0, 0.1) is 6.92 Å². The molecule has 0 saturated carbocycles. The molecule has 2 nitrogen and oxygen atoms in total. The lowest BCUT2D eigenvalue weighted by Crippen LogP contribution is -1.89. The molecule has 0 heterocycles. The van der Waals surface area contributed by atoms with Crippen molar-refractivity contribution in [2.75, 3.05) is 7.11 Å². The van der Waals surface area contributed by atoms with E-state index in [9.17, 15) is 0 Å². The van der Waals surface area contributed by atoms with Crippen molar-refractivity contribution in [3.05, 3.63) is 36.2 Å². The van der Waals surface area contributed by atoms with Crippen LogP contribution in [0.25, 0.3) is 0 Å². The van der Waals surface area contributed by atoms with Crippen molar-refractivity contribution in [3.63, 3.8) is 0 Å². The Balaban J connectivity index is 2.99. The Labute approximate surface area is 66.4 Å². The molecule has 1 aromatic carbocycles. The number of hydrogen-bond acceptors (Lipinski definition) is 2. The lowest BCUT2D eigenvalue weighted by atomic mass is 10.1. The van der Waals surface area contributed by atoms with Crippen molar-refractivity contribution in [1.82, 2.24) is 0 Å². The van der Waals surface area contributed by atoms with Gasteiger partial charge in [-0.25, -0.2) is 0 Å². The minimum Gasteiger partial charge on any atom is -0.497 e. The zero-order valence-corrected chi connectivity index (χ0v) is 6.50. The molecule has 59 valence electrons. The number of aliphatic hydroxyl groups excluding tert-OH is 1. The monoisotopic (exact) mass is 151 g/mol. The summed E-state index contributed by atoms with van der Waals surface area (Å²) < 4.78 is 4.97. The van der Waals surface area contributed by atoms with Crippen LogP contribution in [-0.2, 0) is 6.61 Å². The third-order valence-corrected chi connectivity index (χ3v) is 1.58. The lowest BCUT2D eigenvalue weighted by Gasteiger charge is -2.04. The van der Waals surface area contributed by atoms with Crippen LogP contribution in [0.1, 0.15) is 11.1 Å². The first-order valence-electron chi connectivity index (χ1n) is 3.37. The Bertz CT molecular complexity index is 243. The van der Waals surface area contributed by atoms with Gasteiger partial charge in [0.05, 0.1) is 13.7 Å². The van der Waals surface area contributed by atoms with Gasteiger partial charge in [-0.15, -0.1) is 0 Å². The summed E-state index contributed by atoms with van der Waals surface area (Å²) in [6, 6.07) is 5.41. The highest BCUT2D eigenvalue weighted by Gasteiger charge is 1.97. The molecule has 0 atom stereocenters. The van der Waals surface area contributed by atoms with Crippen molar-refractivity contribution >= 4 is 0 Å². The standard InChI is InChI=1S/C9H11O2/c1-7-5-9(11-2)4-3-8(7)6-10/h3-5,10H,1,6H2,2H3. The molecule has 1 N–H and O–H groups in total. The third-order valence-electron chi connectivity index (χ3n) is 1.58. The summed E-state index contributed by atoms with van der Waals surface area (Å²) in [6.07, 6.45) is 0. The number of benzene rings is 1. The first kappa shape index (κ1) is 8.08. The Hall–Kier alpha value is -1.02. The number of ether oxygens (including phenoxy) is 1. The van der Waals surface area contributed by atoms with Crippen molar-refractivity contribution in [2.24, 2.45) is 0 Å². The van der Waals surface area contributed by atoms with Gasteiger partial charge < -0.3 is 9.84 Å². The van der Waals surface area contributed by atoms with E-state index >= 15 is 0 Å². The molecule has 0 fully saturated rings. The summed E-state index contributed by atoms with van der Waals surface area (Å²) >= 11 is 0. The van der Waals surface area contributed by atoms with E-state index in [4.69, 9.17) is 9.84 Å². The zero-order valence-electron chi connectivity index (χ0n) is 6.50. The van der Waals surface area contributed by atoms with Crippen molar-refractivity contribution in [3.8, 4) is 5.75 Å². The van der Waals surface area contributed by atoms with Gasteiger partial charge in [-0.05, 0) is 30.2 Å². The smallest absolute Gasteiger partial charge is 0.119 e. The summed E-state index contributed by atoms with van der Waals surface area (Å²) in [6.45, 7) is 3.79. The highest BCUT2D eigenvalue weighted by molar-refractivity contribution is 5.36. The number of methoxy groups -OCH3 is 1. The summed E-state index contributed by atoms with van der Waals surface area (Å²) in [4.78, 5) is 0. The predicted molar refractivity (Wildman–Crippen MR) is 43.4 cm³/mol. The second-order valence-corrected chi connectivity index (χ2v) is 2.29. The molecule has 0 unspecified atom stereocenters. The minimum atomic E-state index is 0.0306. The molecule has 0 aliphatic heterocycles. The van der Waals surface area contributed by atoms with Gasteiger partial charge in [0.25, 0.3) is 0 Å². The minimum absolute atomic E-state index is 0.0306. The first-order chi connectivity index (χ1) is 5.27. The molecule has 1 radical (unpaired) electrons. The number of aliphatic hydroxyl groups is 1. The van der Waals surface area contributed by atoms with Crippen molar-refractivity contribution < 1.29 is 9.84 Å². The average Bonchev–Trinajstić information content (AvgIpc) is 2.04. The highest BCUT2D eigenvalue weighted by atomic mass is 16.5. The normalized spacial score (nSPS) is 9.73. The molecule has 0 saturated heterocycles. The Morgan fingerprint density at radius 2 is 2.27 bits per heavy atom. The fraction of sp³-hybridized carbons (Fsp3) is 0.222. The molecule has 0 aromatic heterocycles. The van der Waals surface area contributed by atoms with Crippen LogP contribution in [0.4, 0.5) is 0 Å². The van der Waals surface area contributed by atoms with Gasteiger partial charge in [0, 0.05) is 0 Å². The van der Waals surface area contributed by atoms with E-state index in [1.807, 2.05) is 0 Å². The van der Waals surface area contributed by atoms with E-state index in [1.54, 1.807) is 25.3 Å². The second-order valence-electron chi connectivity index (χ2n) is 2.29. The summed E-state index contributed by atoms with van der Waals surface area (Å²) in [5.41, 5.74) is 1.65. The van der Waals surface area contributed by atoms with Gasteiger partial charge in [-0.3, -0.25) is 0 Å². The average molecular weight is 151 g/mol. The Morgan fingerprint density at radius 1 is 1.55 bits per heavy atom. The third kappa shape index (κ3) is 1.71. The van der Waals surface area contributed by atoms with Crippen LogP contribution < -0.4 is 4.74 Å². The highest BCUT2D eigenvalue weighted by Crippen LogP contribution is 2.16. The quantitative estimate of drug-likeness (QED) is 0.691. The van der Waals surface area contributed by atoms with E-state index in [1.165, 1.54) is 0 Å². The molecule has 0 amide bonds. The summed E-state index contributed by atoms with van der Waals surface area (Å²) in [5, 5.41) is 8.80. The lowest BCUT2D eigenvalue weighted by molar-refractivity contribution is 0.281. The number of rotatable bonds is 2. The van der Waals surface area contributed by atoms with Gasteiger partial charge in [-0.2, -0.15) is 0 Å². The van der Waals surface area contributed by atoms with Gasteiger partial charge in [-0.1, -0.05) is 6.07 Å². The van der Waals surface area contributed by atoms with Crippen LogP contribution >= 0.6 is 0 Å². The maximum Gasteiger partial charge on any atom is 0.119 e. The van der Waals surface area contributed by atoms with Crippen molar-refractivity contribution in [2.45, 2.75) is 6.61 Å². The maximum absolute atomic E-state index is 8.80. The number of hydrogen-bond donors (Lipinski definition) is 1. The fourth-order valence-electron chi connectivity index (χ4n) is 0.884. The van der Waals surface area contributed by atoms with E-state index < -0.39 is 0 Å². The van der Waals surface area contributed by atoms with Gasteiger partial charge in [0.2, 0.25) is 0 Å². The van der Waals surface area contributed by atoms with E-state index in [0.717, 1.165) is 16.9 Å². The Kier molecular flexibility index (Phi) is 2.49. The van der Waals surface area contributed by atoms with Crippen LogP contribution in [-0.4, -0.2) is 12.2 Å². The largest absolute Gasteiger partial charge is 0.497 e. The van der Waals surface area contributed by atoms with E-state index in [0.29, 0.717) is 0 Å². The van der Waals surface area contributed by atoms with E-state index in [-0.39, 0.29) is 6.61 Å². The molecule has 0 aliphatic rings. The molecule has 0 bridgehead atoms. The molecular weight excluding hydrogens is 140 g/mol. The molecule has 2 heteroatoms. The van der Waals surface area contributed by atoms with Gasteiger partial charge in [0.1, 0.15) is 5.75 Å². The SMILES string of the molecule is [CH2]c1cc(OC)ccc1CO. The summed E-state index contributed by atoms with van der Waals surface area (Å²) in [5.74, 6) is 0.771. The fourth-order valence-corrected chi connectivity index (χ4v) is 0.884. The Morgan fingerprint density at radius 3 is 2.73 bits per heavy atom. The van der Waals surface area contributed by atoms with Crippen molar-refractivity contribution in [1.29, 1.82) is 0 Å². The maximum atomic E-state index is 8.80. The summed E-state index contributed by atoms with van der Waals surface area (Å²) in [7, 11) is 1.60. The second kappa shape index (κ2) is 3.39. The molecular formula is C9H11O2.